The number of nitrogens with zero attached hydrogens (tertiary/aromatic N) is 3. The van der Waals surface area contributed by atoms with Crippen LogP contribution < -0.4 is 10.6 Å². The highest BCUT2D eigenvalue weighted by atomic mass is 16.2. The Kier molecular flexibility index (Phi) is 4.49. The number of carbonyl (C=O) groups excluding carboxylic acids is 1. The van der Waals surface area contributed by atoms with Crippen molar-refractivity contribution < 1.29 is 4.79 Å². The van der Waals surface area contributed by atoms with Crippen molar-refractivity contribution in [1.29, 1.82) is 0 Å². The summed E-state index contributed by atoms with van der Waals surface area (Å²) in [4.78, 5) is 18.9. The fourth-order valence-corrected chi connectivity index (χ4v) is 2.53. The van der Waals surface area contributed by atoms with E-state index < -0.39 is 0 Å². The van der Waals surface area contributed by atoms with Crippen LogP contribution in [0.5, 0.6) is 0 Å². The molecule has 1 aliphatic rings. The molecule has 0 atom stereocenters. The molecule has 1 fully saturated rings. The van der Waals surface area contributed by atoms with E-state index in [1.807, 2.05) is 36.0 Å². The van der Waals surface area contributed by atoms with Gasteiger partial charge in [0.1, 0.15) is 0 Å². The van der Waals surface area contributed by atoms with Gasteiger partial charge in [0.2, 0.25) is 0 Å². The van der Waals surface area contributed by atoms with Crippen molar-refractivity contribution in [1.82, 2.24) is 9.80 Å². The fourth-order valence-electron chi connectivity index (χ4n) is 2.53. The summed E-state index contributed by atoms with van der Waals surface area (Å²) >= 11 is 0. The Morgan fingerprint density at radius 3 is 2.65 bits per heavy atom. The molecule has 0 bridgehead atoms. The number of hydrogen-bond donors (Lipinski definition) is 1. The first-order valence-electron chi connectivity index (χ1n) is 7.03. The molecule has 2 N–H and O–H groups in total. The van der Waals surface area contributed by atoms with Gasteiger partial charge in [-0.2, -0.15) is 0 Å². The molecule has 5 heteroatoms. The van der Waals surface area contributed by atoms with Crippen LogP contribution in [0.15, 0.2) is 18.2 Å². The van der Waals surface area contributed by atoms with E-state index in [9.17, 15) is 4.79 Å². The number of benzene rings is 1. The van der Waals surface area contributed by atoms with Crippen molar-refractivity contribution in [2.45, 2.75) is 6.42 Å². The lowest BCUT2D eigenvalue weighted by atomic mass is 10.1. The lowest BCUT2D eigenvalue weighted by Gasteiger charge is -2.24. The standard InChI is InChI=1S/C15H24N4O/c1-17(2)14-6-5-12(16)11-13(14)15(20)19-8-4-7-18(3)9-10-19/h5-6,11H,4,7-10,16H2,1-3H3. The Hall–Kier alpha value is -1.75. The van der Waals surface area contributed by atoms with E-state index in [2.05, 4.69) is 11.9 Å². The number of hydrogen-bond acceptors (Lipinski definition) is 4. The van der Waals surface area contributed by atoms with Crippen molar-refractivity contribution in [3.05, 3.63) is 23.8 Å². The zero-order valence-electron chi connectivity index (χ0n) is 12.6. The van der Waals surface area contributed by atoms with E-state index >= 15 is 0 Å². The average molecular weight is 276 g/mol. The van der Waals surface area contributed by atoms with Gasteiger partial charge >= 0.3 is 0 Å². The van der Waals surface area contributed by atoms with Crippen molar-refractivity contribution in [3.8, 4) is 0 Å². The summed E-state index contributed by atoms with van der Waals surface area (Å²) in [5.41, 5.74) is 8.09. The van der Waals surface area contributed by atoms with Crippen LogP contribution in [0.4, 0.5) is 11.4 Å². The van der Waals surface area contributed by atoms with Crippen molar-refractivity contribution in [3.63, 3.8) is 0 Å². The van der Waals surface area contributed by atoms with E-state index in [0.717, 1.165) is 38.3 Å². The third-order valence-electron chi connectivity index (χ3n) is 3.74. The van der Waals surface area contributed by atoms with E-state index in [1.54, 1.807) is 6.07 Å². The van der Waals surface area contributed by atoms with Crippen LogP contribution in [0.1, 0.15) is 16.8 Å². The highest BCUT2D eigenvalue weighted by molar-refractivity contribution is 6.00. The Bertz CT molecular complexity index is 487. The molecule has 110 valence electrons. The largest absolute Gasteiger partial charge is 0.399 e. The minimum atomic E-state index is 0.0799. The second-order valence-corrected chi connectivity index (χ2v) is 5.62. The second kappa shape index (κ2) is 6.13. The van der Waals surface area contributed by atoms with Gasteiger partial charge in [0.25, 0.3) is 5.91 Å². The molecule has 0 unspecified atom stereocenters. The van der Waals surface area contributed by atoms with E-state index in [1.165, 1.54) is 0 Å². The minimum Gasteiger partial charge on any atom is -0.399 e. The van der Waals surface area contributed by atoms with Gasteiger partial charge in [0, 0.05) is 45.1 Å². The number of carbonyl (C=O) groups is 1. The number of nitrogens with two attached hydrogens (primary N) is 1. The van der Waals surface area contributed by atoms with Gasteiger partial charge in [0.05, 0.1) is 5.56 Å². The smallest absolute Gasteiger partial charge is 0.256 e. The van der Waals surface area contributed by atoms with Crippen LogP contribution in [0.2, 0.25) is 0 Å². The molecule has 0 spiro atoms. The summed E-state index contributed by atoms with van der Waals surface area (Å²) in [5, 5.41) is 0. The average Bonchev–Trinajstić information content (AvgIpc) is 2.62. The molecule has 0 saturated carbocycles. The first-order chi connectivity index (χ1) is 9.49. The van der Waals surface area contributed by atoms with Crippen LogP contribution >= 0.6 is 0 Å². The molecule has 0 radical (unpaired) electrons. The zero-order valence-corrected chi connectivity index (χ0v) is 12.6. The third kappa shape index (κ3) is 3.22. The van der Waals surface area contributed by atoms with Crippen LogP contribution in [-0.2, 0) is 0 Å². The zero-order chi connectivity index (χ0) is 14.7. The van der Waals surface area contributed by atoms with Gasteiger partial charge in [-0.05, 0) is 38.2 Å². The molecule has 1 aliphatic heterocycles. The lowest BCUT2D eigenvalue weighted by molar-refractivity contribution is 0.0763. The normalized spacial score (nSPS) is 16.9. The summed E-state index contributed by atoms with van der Waals surface area (Å²) < 4.78 is 0. The number of amides is 1. The monoisotopic (exact) mass is 276 g/mol. The summed E-state index contributed by atoms with van der Waals surface area (Å²) in [7, 11) is 5.98. The maximum absolute atomic E-state index is 12.8. The molecular weight excluding hydrogens is 252 g/mol. The predicted molar refractivity (Wildman–Crippen MR) is 83.2 cm³/mol. The van der Waals surface area contributed by atoms with Gasteiger partial charge in [-0.25, -0.2) is 0 Å². The SMILES string of the molecule is CN1CCCN(C(=O)c2cc(N)ccc2N(C)C)CC1. The first kappa shape index (κ1) is 14.7. The van der Waals surface area contributed by atoms with Crippen LogP contribution in [-0.4, -0.2) is 63.0 Å². The first-order valence-corrected chi connectivity index (χ1v) is 7.03. The molecule has 1 aromatic rings. The Balaban J connectivity index is 2.25. The Morgan fingerprint density at radius 2 is 1.95 bits per heavy atom. The molecule has 1 amide bonds. The summed E-state index contributed by atoms with van der Waals surface area (Å²) in [5.74, 6) is 0.0799. The van der Waals surface area contributed by atoms with Crippen LogP contribution in [0.25, 0.3) is 0 Å². The minimum absolute atomic E-state index is 0.0799. The summed E-state index contributed by atoms with van der Waals surface area (Å²) in [6, 6.07) is 5.53. The van der Waals surface area contributed by atoms with E-state index in [-0.39, 0.29) is 5.91 Å². The molecular formula is C15H24N4O. The fraction of sp³-hybridized carbons (Fsp3) is 0.533. The van der Waals surface area contributed by atoms with E-state index in [4.69, 9.17) is 5.73 Å². The highest BCUT2D eigenvalue weighted by Crippen LogP contribution is 2.23. The molecule has 1 heterocycles. The van der Waals surface area contributed by atoms with Gasteiger partial charge in [-0.1, -0.05) is 0 Å². The summed E-state index contributed by atoms with van der Waals surface area (Å²) in [6.45, 7) is 3.55. The number of rotatable bonds is 2. The highest BCUT2D eigenvalue weighted by Gasteiger charge is 2.22. The number of anilines is 2. The molecule has 1 saturated heterocycles. The van der Waals surface area contributed by atoms with Crippen LogP contribution in [0.3, 0.4) is 0 Å². The maximum Gasteiger partial charge on any atom is 0.256 e. The van der Waals surface area contributed by atoms with Gasteiger partial charge in [-0.3, -0.25) is 4.79 Å². The predicted octanol–water partition coefficient (Wildman–Crippen LogP) is 1.11. The number of likely N-dealkylation sites (N-methyl/N-ethyl adjacent to an activating group) is 1. The van der Waals surface area contributed by atoms with Gasteiger partial charge in [0.15, 0.2) is 0 Å². The maximum atomic E-state index is 12.8. The topological polar surface area (TPSA) is 52.8 Å². The molecule has 5 nitrogen and oxygen atoms in total. The van der Waals surface area contributed by atoms with Gasteiger partial charge in [-0.15, -0.1) is 0 Å². The van der Waals surface area contributed by atoms with Crippen molar-refractivity contribution in [2.75, 3.05) is 58.0 Å². The van der Waals surface area contributed by atoms with E-state index in [0.29, 0.717) is 11.3 Å². The van der Waals surface area contributed by atoms with Crippen molar-refractivity contribution >= 4 is 17.3 Å². The molecule has 1 aromatic carbocycles. The van der Waals surface area contributed by atoms with Crippen LogP contribution in [0, 0.1) is 0 Å². The molecule has 0 aliphatic carbocycles. The van der Waals surface area contributed by atoms with Crippen molar-refractivity contribution in [2.24, 2.45) is 0 Å². The third-order valence-corrected chi connectivity index (χ3v) is 3.74. The van der Waals surface area contributed by atoms with Gasteiger partial charge < -0.3 is 20.4 Å². The molecule has 0 aromatic heterocycles. The lowest BCUT2D eigenvalue weighted by Crippen LogP contribution is -2.35. The molecule has 2 rings (SSSR count). The Labute approximate surface area is 120 Å². The molecule has 20 heavy (non-hydrogen) atoms. The second-order valence-electron chi connectivity index (χ2n) is 5.62. The Morgan fingerprint density at radius 1 is 1.20 bits per heavy atom. The summed E-state index contributed by atoms with van der Waals surface area (Å²) in [6.07, 6.45) is 1.02. The quantitative estimate of drug-likeness (QED) is 0.822. The number of nitrogen functional groups attached to an aromatic ring is 1.